The molecule has 0 radical (unpaired) electrons. The van der Waals surface area contributed by atoms with E-state index < -0.39 is 5.97 Å². The fourth-order valence-electron chi connectivity index (χ4n) is 0.581. The van der Waals surface area contributed by atoms with Crippen LogP contribution in [-0.2, 0) is 14.3 Å². The number of carbonyl (C=O) groups is 2. The summed E-state index contributed by atoms with van der Waals surface area (Å²) in [6.07, 6.45) is 2.27. The highest BCUT2D eigenvalue weighted by Crippen LogP contribution is 2.09. The number of ether oxygens (including phenoxy) is 1. The molecule has 4 heteroatoms. The summed E-state index contributed by atoms with van der Waals surface area (Å²) in [4.78, 5) is 21.7. The Balaban J connectivity index is 4.04. The van der Waals surface area contributed by atoms with Crippen LogP contribution in [-0.4, -0.2) is 18.9 Å². The normalized spacial score (nSPS) is 11.1. The van der Waals surface area contributed by atoms with E-state index in [2.05, 4.69) is 20.7 Å². The molecule has 0 rings (SSSR count). The zero-order valence-electron chi connectivity index (χ0n) is 7.09. The maximum absolute atomic E-state index is 11.1. The zero-order valence-corrected chi connectivity index (χ0v) is 8.68. The van der Waals surface area contributed by atoms with Crippen LogP contribution in [0.1, 0.15) is 19.8 Å². The standard InChI is InChI=1S/C8H11BrO3/c1-3-4-6(9)7(10)5-8(11)12-2/h4H,3,5H2,1-2H3. The quantitative estimate of drug-likeness (QED) is 0.424. The van der Waals surface area contributed by atoms with Gasteiger partial charge in [0.05, 0.1) is 11.6 Å². The maximum Gasteiger partial charge on any atom is 0.313 e. The van der Waals surface area contributed by atoms with Gasteiger partial charge in [-0.1, -0.05) is 13.0 Å². The Bertz CT molecular complexity index is 208. The van der Waals surface area contributed by atoms with Crippen LogP contribution in [0, 0.1) is 0 Å². The molecule has 68 valence electrons. The minimum atomic E-state index is -0.513. The van der Waals surface area contributed by atoms with Crippen molar-refractivity contribution in [2.24, 2.45) is 0 Å². The highest BCUT2D eigenvalue weighted by Gasteiger charge is 2.11. The van der Waals surface area contributed by atoms with Crippen LogP contribution in [0.4, 0.5) is 0 Å². The van der Waals surface area contributed by atoms with E-state index in [-0.39, 0.29) is 12.2 Å². The molecule has 0 aromatic carbocycles. The highest BCUT2D eigenvalue weighted by atomic mass is 79.9. The Morgan fingerprint density at radius 3 is 2.50 bits per heavy atom. The summed E-state index contributed by atoms with van der Waals surface area (Å²) in [5, 5.41) is 0. The van der Waals surface area contributed by atoms with Crippen molar-refractivity contribution in [1.82, 2.24) is 0 Å². The number of Topliss-reactive ketones (excluding diaryl/α,β-unsaturated/α-hetero) is 1. The summed E-state index contributed by atoms with van der Waals surface area (Å²) in [6.45, 7) is 1.91. The van der Waals surface area contributed by atoms with Gasteiger partial charge in [0.15, 0.2) is 5.78 Å². The van der Waals surface area contributed by atoms with E-state index in [1.807, 2.05) is 6.92 Å². The smallest absolute Gasteiger partial charge is 0.313 e. The molecule has 0 aromatic rings. The fraction of sp³-hybridized carbons (Fsp3) is 0.500. The number of hydrogen-bond acceptors (Lipinski definition) is 3. The number of methoxy groups -OCH3 is 1. The third-order valence-electron chi connectivity index (χ3n) is 1.18. The van der Waals surface area contributed by atoms with Crippen LogP contribution in [0.25, 0.3) is 0 Å². The van der Waals surface area contributed by atoms with Gasteiger partial charge >= 0.3 is 5.97 Å². The molecule has 0 amide bonds. The van der Waals surface area contributed by atoms with E-state index in [4.69, 9.17) is 0 Å². The number of halogens is 1. The van der Waals surface area contributed by atoms with Gasteiger partial charge in [0, 0.05) is 0 Å². The summed E-state index contributed by atoms with van der Waals surface area (Å²) >= 11 is 3.06. The lowest BCUT2D eigenvalue weighted by atomic mass is 10.2. The third kappa shape index (κ3) is 4.28. The van der Waals surface area contributed by atoms with Crippen LogP contribution in [0.3, 0.4) is 0 Å². The van der Waals surface area contributed by atoms with E-state index in [0.29, 0.717) is 4.48 Å². The Morgan fingerprint density at radius 1 is 1.50 bits per heavy atom. The number of allylic oxidation sites excluding steroid dienone is 2. The van der Waals surface area contributed by atoms with Gasteiger partial charge in [0.1, 0.15) is 6.42 Å². The largest absolute Gasteiger partial charge is 0.469 e. The topological polar surface area (TPSA) is 43.4 Å². The molecular formula is C8H11BrO3. The second-order valence-electron chi connectivity index (χ2n) is 2.14. The molecule has 0 aromatic heterocycles. The molecule has 0 fully saturated rings. The molecule has 12 heavy (non-hydrogen) atoms. The molecule has 0 spiro atoms. The van der Waals surface area contributed by atoms with E-state index >= 15 is 0 Å². The number of carbonyl (C=O) groups excluding carboxylic acids is 2. The van der Waals surface area contributed by atoms with E-state index in [1.54, 1.807) is 6.08 Å². The summed E-state index contributed by atoms with van der Waals surface area (Å²) < 4.78 is 4.78. The van der Waals surface area contributed by atoms with E-state index in [1.165, 1.54) is 7.11 Å². The van der Waals surface area contributed by atoms with Crippen molar-refractivity contribution in [3.63, 3.8) is 0 Å². The first-order chi connectivity index (χ1) is 5.61. The molecule has 3 nitrogen and oxygen atoms in total. The summed E-state index contributed by atoms with van der Waals surface area (Å²) in [7, 11) is 1.26. The number of rotatable bonds is 4. The lowest BCUT2D eigenvalue weighted by molar-refractivity contribution is -0.142. The molecule has 0 aliphatic carbocycles. The minimum absolute atomic E-state index is 0.201. The first kappa shape index (κ1) is 11.4. The lowest BCUT2D eigenvalue weighted by Crippen LogP contribution is -2.08. The van der Waals surface area contributed by atoms with Crippen molar-refractivity contribution < 1.29 is 14.3 Å². The Hall–Kier alpha value is -0.640. The van der Waals surface area contributed by atoms with Crippen molar-refractivity contribution in [2.45, 2.75) is 19.8 Å². The van der Waals surface area contributed by atoms with E-state index in [0.717, 1.165) is 6.42 Å². The van der Waals surface area contributed by atoms with Crippen LogP contribution >= 0.6 is 15.9 Å². The average molecular weight is 235 g/mol. The minimum Gasteiger partial charge on any atom is -0.469 e. The molecule has 0 heterocycles. The summed E-state index contributed by atoms with van der Waals surface area (Å²) in [5.74, 6) is -0.759. The van der Waals surface area contributed by atoms with Crippen LogP contribution < -0.4 is 0 Å². The SMILES string of the molecule is CCC=C(Br)C(=O)CC(=O)OC. The number of ketones is 1. The van der Waals surface area contributed by atoms with E-state index in [9.17, 15) is 9.59 Å². The zero-order chi connectivity index (χ0) is 9.56. The summed E-state index contributed by atoms with van der Waals surface area (Å²) in [5.41, 5.74) is 0. The van der Waals surface area contributed by atoms with Gasteiger partial charge in [-0.2, -0.15) is 0 Å². The van der Waals surface area contributed by atoms with Gasteiger partial charge < -0.3 is 4.74 Å². The van der Waals surface area contributed by atoms with Gasteiger partial charge in [-0.3, -0.25) is 9.59 Å². The molecule has 0 atom stereocenters. The predicted octanol–water partition coefficient (Wildman–Crippen LogP) is 1.81. The van der Waals surface area contributed by atoms with Gasteiger partial charge in [0.2, 0.25) is 0 Å². The molecule has 0 bridgehead atoms. The fourth-order valence-corrected chi connectivity index (χ4v) is 1.04. The highest BCUT2D eigenvalue weighted by molar-refractivity contribution is 9.12. The monoisotopic (exact) mass is 234 g/mol. The van der Waals surface area contributed by atoms with Crippen LogP contribution in [0.5, 0.6) is 0 Å². The van der Waals surface area contributed by atoms with Gasteiger partial charge in [0.25, 0.3) is 0 Å². The van der Waals surface area contributed by atoms with Crippen molar-refractivity contribution in [3.8, 4) is 0 Å². The van der Waals surface area contributed by atoms with Crippen LogP contribution in [0.15, 0.2) is 10.6 Å². The molecule has 0 saturated heterocycles. The molecule has 0 unspecified atom stereocenters. The Labute approximate surface area is 79.9 Å². The van der Waals surface area contributed by atoms with Crippen molar-refractivity contribution in [1.29, 1.82) is 0 Å². The molecule has 0 aliphatic heterocycles. The van der Waals surface area contributed by atoms with Gasteiger partial charge in [-0.15, -0.1) is 0 Å². The summed E-state index contributed by atoms with van der Waals surface area (Å²) in [6, 6.07) is 0. The van der Waals surface area contributed by atoms with Crippen molar-refractivity contribution in [3.05, 3.63) is 10.6 Å². The van der Waals surface area contributed by atoms with Crippen molar-refractivity contribution in [2.75, 3.05) is 7.11 Å². The predicted molar refractivity (Wildman–Crippen MR) is 48.9 cm³/mol. The Morgan fingerprint density at radius 2 is 2.08 bits per heavy atom. The number of hydrogen-bond donors (Lipinski definition) is 0. The first-order valence-electron chi connectivity index (χ1n) is 3.57. The molecule has 0 saturated carbocycles. The molecule has 0 N–H and O–H groups in total. The molecular weight excluding hydrogens is 224 g/mol. The first-order valence-corrected chi connectivity index (χ1v) is 4.36. The third-order valence-corrected chi connectivity index (χ3v) is 1.95. The van der Waals surface area contributed by atoms with Crippen LogP contribution in [0.2, 0.25) is 0 Å². The average Bonchev–Trinajstić information content (AvgIpc) is 2.04. The number of esters is 1. The molecule has 0 aliphatic rings. The van der Waals surface area contributed by atoms with Crippen molar-refractivity contribution >= 4 is 27.7 Å². The van der Waals surface area contributed by atoms with Gasteiger partial charge in [-0.25, -0.2) is 0 Å². The maximum atomic E-state index is 11.1. The second kappa shape index (κ2) is 5.94. The van der Waals surface area contributed by atoms with Gasteiger partial charge in [-0.05, 0) is 22.4 Å². The second-order valence-corrected chi connectivity index (χ2v) is 2.99. The Kier molecular flexibility index (Phi) is 5.62. The lowest BCUT2D eigenvalue weighted by Gasteiger charge is -1.97.